The Balaban J connectivity index is 1.75. The summed E-state index contributed by atoms with van der Waals surface area (Å²) in [5.74, 6) is -0.717. The van der Waals surface area contributed by atoms with Gasteiger partial charge in [0, 0.05) is 30.8 Å². The predicted octanol–water partition coefficient (Wildman–Crippen LogP) is 3.42. The van der Waals surface area contributed by atoms with Gasteiger partial charge in [0.2, 0.25) is 0 Å². The van der Waals surface area contributed by atoms with Gasteiger partial charge in [-0.1, -0.05) is 6.92 Å². The van der Waals surface area contributed by atoms with Crippen LogP contribution in [0.25, 0.3) is 0 Å². The topological polar surface area (TPSA) is 21.7 Å². The number of piperidine rings is 1. The fourth-order valence-corrected chi connectivity index (χ4v) is 3.66. The molecule has 0 atom stereocenters. The van der Waals surface area contributed by atoms with Gasteiger partial charge in [-0.3, -0.25) is 0 Å². The number of thioether (sulfide) groups is 1. The Bertz CT molecular complexity index is 487. The molecule has 0 aromatic heterocycles. The molecule has 2 aliphatic heterocycles. The predicted molar refractivity (Wildman–Crippen MR) is 78.8 cm³/mol. The first-order chi connectivity index (χ1) is 10.1. The van der Waals surface area contributed by atoms with Gasteiger partial charge in [-0.15, -0.1) is 11.8 Å². The first-order valence-corrected chi connectivity index (χ1v) is 8.27. The first-order valence-electron chi connectivity index (χ1n) is 7.28. The Hall–Kier alpha value is -0.850. The van der Waals surface area contributed by atoms with Crippen molar-refractivity contribution in [2.75, 3.05) is 37.0 Å². The van der Waals surface area contributed by atoms with Crippen molar-refractivity contribution in [3.8, 4) is 0 Å². The summed E-state index contributed by atoms with van der Waals surface area (Å²) in [5, 5.41) is 0. The van der Waals surface area contributed by atoms with Crippen LogP contribution in [-0.4, -0.2) is 37.8 Å². The molecule has 0 aliphatic carbocycles. The summed E-state index contributed by atoms with van der Waals surface area (Å²) >= 11 is 1.44. The standard InChI is InChI=1S/C15H19F2NO2S/c1-2-21-11-9-12(16)14(13(17)10-11)18-5-3-15(4-6-18)19-7-8-20-15/h9-10H,2-8H2,1H3. The number of benzene rings is 1. The second-order valence-corrected chi connectivity index (χ2v) is 6.60. The van der Waals surface area contributed by atoms with Crippen LogP contribution < -0.4 is 4.90 Å². The Morgan fingerprint density at radius 3 is 2.24 bits per heavy atom. The van der Waals surface area contributed by atoms with Crippen LogP contribution in [0.2, 0.25) is 0 Å². The molecule has 2 saturated heterocycles. The van der Waals surface area contributed by atoms with Crippen molar-refractivity contribution in [1.82, 2.24) is 0 Å². The van der Waals surface area contributed by atoms with E-state index in [-0.39, 0.29) is 5.69 Å². The summed E-state index contributed by atoms with van der Waals surface area (Å²) in [5.41, 5.74) is 0.0725. The second kappa shape index (κ2) is 6.10. The third kappa shape index (κ3) is 3.03. The molecule has 2 heterocycles. The number of rotatable bonds is 3. The van der Waals surface area contributed by atoms with Crippen molar-refractivity contribution in [2.45, 2.75) is 30.4 Å². The molecule has 21 heavy (non-hydrogen) atoms. The van der Waals surface area contributed by atoms with Crippen molar-refractivity contribution in [1.29, 1.82) is 0 Å². The van der Waals surface area contributed by atoms with Crippen molar-refractivity contribution < 1.29 is 18.3 Å². The summed E-state index contributed by atoms with van der Waals surface area (Å²) in [6.07, 6.45) is 1.27. The lowest BCUT2D eigenvalue weighted by molar-refractivity contribution is -0.169. The van der Waals surface area contributed by atoms with Crippen LogP contribution >= 0.6 is 11.8 Å². The van der Waals surface area contributed by atoms with E-state index in [1.807, 2.05) is 6.92 Å². The first kappa shape index (κ1) is 15.1. The van der Waals surface area contributed by atoms with E-state index in [9.17, 15) is 8.78 Å². The lowest BCUT2D eigenvalue weighted by Crippen LogP contribution is -2.45. The molecule has 0 N–H and O–H groups in total. The minimum absolute atomic E-state index is 0.0725. The summed E-state index contributed by atoms with van der Waals surface area (Å²) < 4.78 is 39.7. The lowest BCUT2D eigenvalue weighted by atomic mass is 10.0. The second-order valence-electron chi connectivity index (χ2n) is 5.26. The number of hydrogen-bond acceptors (Lipinski definition) is 4. The summed E-state index contributed by atoms with van der Waals surface area (Å²) in [6, 6.07) is 2.83. The van der Waals surface area contributed by atoms with E-state index in [1.165, 1.54) is 23.9 Å². The molecule has 0 unspecified atom stereocenters. The molecule has 116 valence electrons. The van der Waals surface area contributed by atoms with Crippen molar-refractivity contribution in [2.24, 2.45) is 0 Å². The number of ether oxygens (including phenoxy) is 2. The highest BCUT2D eigenvalue weighted by Gasteiger charge is 2.40. The van der Waals surface area contributed by atoms with Gasteiger partial charge in [0.1, 0.15) is 5.69 Å². The minimum atomic E-state index is -0.526. The molecule has 0 bridgehead atoms. The summed E-state index contributed by atoms with van der Waals surface area (Å²) in [6.45, 7) is 4.24. The van der Waals surface area contributed by atoms with Crippen molar-refractivity contribution in [3.05, 3.63) is 23.8 Å². The van der Waals surface area contributed by atoms with Crippen molar-refractivity contribution in [3.63, 3.8) is 0 Å². The van der Waals surface area contributed by atoms with E-state index >= 15 is 0 Å². The molecule has 0 amide bonds. The molecule has 0 saturated carbocycles. The fraction of sp³-hybridized carbons (Fsp3) is 0.600. The van der Waals surface area contributed by atoms with Gasteiger partial charge < -0.3 is 14.4 Å². The van der Waals surface area contributed by atoms with Gasteiger partial charge in [-0.05, 0) is 17.9 Å². The maximum Gasteiger partial charge on any atom is 0.171 e. The maximum atomic E-state index is 14.2. The molecular weight excluding hydrogens is 296 g/mol. The van der Waals surface area contributed by atoms with Crippen LogP contribution in [0, 0.1) is 11.6 Å². The average molecular weight is 315 g/mol. The van der Waals surface area contributed by atoms with E-state index in [4.69, 9.17) is 9.47 Å². The van der Waals surface area contributed by atoms with Crippen molar-refractivity contribution >= 4 is 17.4 Å². The van der Waals surface area contributed by atoms with E-state index in [2.05, 4.69) is 0 Å². The highest BCUT2D eigenvalue weighted by atomic mass is 32.2. The Kier molecular flexibility index (Phi) is 4.38. The molecule has 6 heteroatoms. The minimum Gasteiger partial charge on any atom is -0.366 e. The molecule has 0 radical (unpaired) electrons. The van der Waals surface area contributed by atoms with Gasteiger partial charge in [0.25, 0.3) is 0 Å². The molecular formula is C15H19F2NO2S. The smallest absolute Gasteiger partial charge is 0.171 e. The molecule has 3 rings (SSSR count). The summed E-state index contributed by atoms with van der Waals surface area (Å²) in [7, 11) is 0. The monoisotopic (exact) mass is 315 g/mol. The zero-order valence-corrected chi connectivity index (χ0v) is 12.8. The third-order valence-corrected chi connectivity index (χ3v) is 4.81. The fourth-order valence-electron chi connectivity index (χ4n) is 2.95. The maximum absolute atomic E-state index is 14.2. The Labute approximate surface area is 127 Å². The zero-order chi connectivity index (χ0) is 14.9. The number of anilines is 1. The van der Waals surface area contributed by atoms with Gasteiger partial charge in [0.15, 0.2) is 17.4 Å². The molecule has 2 aliphatic rings. The van der Waals surface area contributed by atoms with Crippen LogP contribution in [0.4, 0.5) is 14.5 Å². The largest absolute Gasteiger partial charge is 0.366 e. The Morgan fingerprint density at radius 1 is 1.14 bits per heavy atom. The lowest BCUT2D eigenvalue weighted by Gasteiger charge is -2.38. The average Bonchev–Trinajstić information content (AvgIpc) is 2.89. The van der Waals surface area contributed by atoms with E-state index in [0.717, 1.165) is 5.75 Å². The highest BCUT2D eigenvalue weighted by Crippen LogP contribution is 2.36. The SMILES string of the molecule is CCSc1cc(F)c(N2CCC3(CC2)OCCO3)c(F)c1. The highest BCUT2D eigenvalue weighted by molar-refractivity contribution is 7.99. The van der Waals surface area contributed by atoms with Gasteiger partial charge >= 0.3 is 0 Å². The van der Waals surface area contributed by atoms with Crippen LogP contribution in [0.1, 0.15) is 19.8 Å². The number of hydrogen-bond donors (Lipinski definition) is 0. The van der Waals surface area contributed by atoms with Gasteiger partial charge in [0.05, 0.1) is 13.2 Å². The molecule has 1 aromatic rings. The van der Waals surface area contributed by atoms with Gasteiger partial charge in [-0.25, -0.2) is 8.78 Å². The quantitative estimate of drug-likeness (QED) is 0.797. The van der Waals surface area contributed by atoms with Crippen LogP contribution in [0.15, 0.2) is 17.0 Å². The van der Waals surface area contributed by atoms with Crippen LogP contribution in [0.5, 0.6) is 0 Å². The van der Waals surface area contributed by atoms with Crippen LogP contribution in [0.3, 0.4) is 0 Å². The molecule has 2 fully saturated rings. The third-order valence-electron chi connectivity index (χ3n) is 3.96. The van der Waals surface area contributed by atoms with E-state index < -0.39 is 17.4 Å². The van der Waals surface area contributed by atoms with E-state index in [0.29, 0.717) is 44.0 Å². The molecule has 1 spiro atoms. The Morgan fingerprint density at radius 2 is 1.71 bits per heavy atom. The molecule has 3 nitrogen and oxygen atoms in total. The van der Waals surface area contributed by atoms with E-state index in [1.54, 1.807) is 4.90 Å². The number of halogens is 2. The number of nitrogens with zero attached hydrogens (tertiary/aromatic N) is 1. The molecule has 1 aromatic carbocycles. The summed E-state index contributed by atoms with van der Waals surface area (Å²) in [4.78, 5) is 2.38. The van der Waals surface area contributed by atoms with Gasteiger partial charge in [-0.2, -0.15) is 0 Å². The van der Waals surface area contributed by atoms with Crippen LogP contribution in [-0.2, 0) is 9.47 Å². The zero-order valence-electron chi connectivity index (χ0n) is 12.0. The normalized spacial score (nSPS) is 21.2.